The number of imide groups is 1. The lowest BCUT2D eigenvalue weighted by Crippen LogP contribution is -2.36. The molecule has 1 aliphatic heterocycles. The summed E-state index contributed by atoms with van der Waals surface area (Å²) in [6.45, 7) is 0. The zero-order valence-corrected chi connectivity index (χ0v) is 7.71. The molecule has 84 valence electrons. The number of benzene rings is 1. The third-order valence-electron chi connectivity index (χ3n) is 2.25. The fourth-order valence-corrected chi connectivity index (χ4v) is 1.44. The Bertz CT molecular complexity index is 496. The molecular formula is C9H5F3N2O2. The Morgan fingerprint density at radius 3 is 2.19 bits per heavy atom. The first kappa shape index (κ1) is 10.6. The number of hydrogen-bond donors (Lipinski definition) is 1. The van der Waals surface area contributed by atoms with Crippen molar-refractivity contribution < 1.29 is 22.8 Å². The maximum atomic E-state index is 12.3. The van der Waals surface area contributed by atoms with Gasteiger partial charge in [-0.05, 0) is 18.2 Å². The molecular weight excluding hydrogens is 225 g/mol. The van der Waals surface area contributed by atoms with Crippen LogP contribution in [0.1, 0.15) is 26.3 Å². The quantitative estimate of drug-likeness (QED) is 0.413. The summed E-state index contributed by atoms with van der Waals surface area (Å²) in [5, 5.41) is 0.296. The van der Waals surface area contributed by atoms with Crippen LogP contribution in [-0.2, 0) is 6.18 Å². The smallest absolute Gasteiger partial charge is 0.267 e. The van der Waals surface area contributed by atoms with Gasteiger partial charge in [0.15, 0.2) is 0 Å². The molecule has 4 nitrogen and oxygen atoms in total. The largest absolute Gasteiger partial charge is 0.416 e. The molecule has 0 unspecified atom stereocenters. The molecule has 0 saturated carbocycles. The zero-order valence-electron chi connectivity index (χ0n) is 7.71. The molecule has 7 heteroatoms. The molecule has 0 atom stereocenters. The number of nitrogens with zero attached hydrogens (tertiary/aromatic N) is 1. The molecule has 0 spiro atoms. The van der Waals surface area contributed by atoms with Crippen molar-refractivity contribution in [3.63, 3.8) is 0 Å². The molecule has 2 N–H and O–H groups in total. The Balaban J connectivity index is 2.58. The van der Waals surface area contributed by atoms with Crippen LogP contribution in [0.5, 0.6) is 0 Å². The van der Waals surface area contributed by atoms with Crippen LogP contribution in [0.3, 0.4) is 0 Å². The number of alkyl halides is 3. The second kappa shape index (κ2) is 3.05. The van der Waals surface area contributed by atoms with Gasteiger partial charge < -0.3 is 0 Å². The van der Waals surface area contributed by atoms with E-state index in [1.165, 1.54) is 0 Å². The minimum Gasteiger partial charge on any atom is -0.267 e. The molecule has 16 heavy (non-hydrogen) atoms. The van der Waals surface area contributed by atoms with Crippen LogP contribution in [0.15, 0.2) is 18.2 Å². The van der Waals surface area contributed by atoms with Gasteiger partial charge in [0.25, 0.3) is 11.8 Å². The highest BCUT2D eigenvalue weighted by Crippen LogP contribution is 2.32. The van der Waals surface area contributed by atoms with E-state index in [-0.39, 0.29) is 11.1 Å². The topological polar surface area (TPSA) is 63.4 Å². The van der Waals surface area contributed by atoms with Crippen LogP contribution in [0.4, 0.5) is 13.2 Å². The number of rotatable bonds is 0. The highest BCUT2D eigenvalue weighted by atomic mass is 19.4. The van der Waals surface area contributed by atoms with E-state index < -0.39 is 23.6 Å². The lowest BCUT2D eigenvalue weighted by molar-refractivity contribution is -0.137. The summed E-state index contributed by atoms with van der Waals surface area (Å²) in [5.74, 6) is 3.36. The predicted molar refractivity (Wildman–Crippen MR) is 46.1 cm³/mol. The van der Waals surface area contributed by atoms with E-state index >= 15 is 0 Å². The Hall–Kier alpha value is -1.89. The summed E-state index contributed by atoms with van der Waals surface area (Å²) in [7, 11) is 0. The predicted octanol–water partition coefficient (Wildman–Crippen LogP) is 1.18. The summed E-state index contributed by atoms with van der Waals surface area (Å²) < 4.78 is 37.0. The van der Waals surface area contributed by atoms with Crippen molar-refractivity contribution >= 4 is 11.8 Å². The van der Waals surface area contributed by atoms with E-state index in [4.69, 9.17) is 5.84 Å². The lowest BCUT2D eigenvalue weighted by Gasteiger charge is -2.06. The average Bonchev–Trinajstić information content (AvgIpc) is 2.43. The summed E-state index contributed by atoms with van der Waals surface area (Å²) in [5.41, 5.74) is -1.41. The number of fused-ring (bicyclic) bond motifs is 1. The summed E-state index contributed by atoms with van der Waals surface area (Å²) in [4.78, 5) is 22.6. The normalized spacial score (nSPS) is 15.6. The van der Waals surface area contributed by atoms with Gasteiger partial charge in [-0.3, -0.25) is 9.59 Å². The van der Waals surface area contributed by atoms with Crippen molar-refractivity contribution in [1.82, 2.24) is 5.01 Å². The zero-order chi connectivity index (χ0) is 12.1. The summed E-state index contributed by atoms with van der Waals surface area (Å²) in [6.07, 6.45) is -4.56. The third kappa shape index (κ3) is 1.36. The Kier molecular flexibility index (Phi) is 2.02. The fraction of sp³-hybridized carbons (Fsp3) is 0.111. The highest BCUT2D eigenvalue weighted by molar-refractivity contribution is 6.20. The number of nitrogens with two attached hydrogens (primary N) is 1. The molecule has 2 amide bonds. The highest BCUT2D eigenvalue weighted by Gasteiger charge is 2.37. The number of amides is 2. The molecule has 0 fully saturated rings. The molecule has 2 rings (SSSR count). The Morgan fingerprint density at radius 1 is 1.06 bits per heavy atom. The van der Waals surface area contributed by atoms with Crippen molar-refractivity contribution in [2.75, 3.05) is 0 Å². The van der Waals surface area contributed by atoms with Crippen molar-refractivity contribution in [3.05, 3.63) is 34.9 Å². The van der Waals surface area contributed by atoms with Crippen molar-refractivity contribution in [1.29, 1.82) is 0 Å². The fourth-order valence-electron chi connectivity index (χ4n) is 1.44. The number of carbonyl (C=O) groups excluding carboxylic acids is 2. The first-order valence-electron chi connectivity index (χ1n) is 4.17. The van der Waals surface area contributed by atoms with Gasteiger partial charge in [0.05, 0.1) is 16.7 Å². The standard InChI is InChI=1S/C9H5F3N2O2/c10-9(11,12)4-1-2-5-6(3-4)8(16)14(13)7(5)15/h1-3H,13H2. The molecule has 0 radical (unpaired) electrons. The van der Waals surface area contributed by atoms with Crippen LogP contribution in [0.2, 0.25) is 0 Å². The van der Waals surface area contributed by atoms with Crippen LogP contribution < -0.4 is 5.84 Å². The van der Waals surface area contributed by atoms with E-state index in [1.807, 2.05) is 0 Å². The van der Waals surface area contributed by atoms with E-state index in [2.05, 4.69) is 0 Å². The maximum Gasteiger partial charge on any atom is 0.416 e. The Labute approximate surface area is 87.4 Å². The van der Waals surface area contributed by atoms with E-state index in [1.54, 1.807) is 0 Å². The van der Waals surface area contributed by atoms with Crippen molar-refractivity contribution in [3.8, 4) is 0 Å². The molecule has 1 heterocycles. The number of halogens is 3. The second-order valence-corrected chi connectivity index (χ2v) is 3.24. The van der Waals surface area contributed by atoms with Gasteiger partial charge in [-0.15, -0.1) is 0 Å². The van der Waals surface area contributed by atoms with Gasteiger partial charge in [0, 0.05) is 0 Å². The van der Waals surface area contributed by atoms with Gasteiger partial charge in [-0.25, -0.2) is 10.9 Å². The van der Waals surface area contributed by atoms with Crippen molar-refractivity contribution in [2.24, 2.45) is 5.84 Å². The maximum absolute atomic E-state index is 12.3. The molecule has 0 aromatic heterocycles. The monoisotopic (exact) mass is 230 g/mol. The van der Waals surface area contributed by atoms with Crippen LogP contribution >= 0.6 is 0 Å². The average molecular weight is 230 g/mol. The van der Waals surface area contributed by atoms with E-state index in [0.717, 1.165) is 12.1 Å². The summed E-state index contributed by atoms with van der Waals surface area (Å²) in [6, 6.07) is 2.32. The van der Waals surface area contributed by atoms with E-state index in [0.29, 0.717) is 11.1 Å². The number of hydrazine groups is 1. The molecule has 0 saturated heterocycles. The molecule has 1 aliphatic rings. The van der Waals surface area contributed by atoms with Gasteiger partial charge >= 0.3 is 6.18 Å². The minimum absolute atomic E-state index is 0.111. The molecule has 0 aliphatic carbocycles. The first-order chi connectivity index (χ1) is 7.32. The Morgan fingerprint density at radius 2 is 1.62 bits per heavy atom. The van der Waals surface area contributed by atoms with Crippen LogP contribution in [0, 0.1) is 0 Å². The molecule has 1 aromatic rings. The van der Waals surface area contributed by atoms with Crippen LogP contribution in [0.25, 0.3) is 0 Å². The lowest BCUT2D eigenvalue weighted by atomic mass is 10.1. The van der Waals surface area contributed by atoms with Gasteiger partial charge in [-0.2, -0.15) is 13.2 Å². The molecule has 1 aromatic carbocycles. The van der Waals surface area contributed by atoms with E-state index in [9.17, 15) is 22.8 Å². The van der Waals surface area contributed by atoms with Gasteiger partial charge in [-0.1, -0.05) is 0 Å². The number of carbonyl (C=O) groups is 2. The second-order valence-electron chi connectivity index (χ2n) is 3.24. The third-order valence-corrected chi connectivity index (χ3v) is 2.25. The first-order valence-corrected chi connectivity index (χ1v) is 4.17. The molecule has 0 bridgehead atoms. The van der Waals surface area contributed by atoms with Gasteiger partial charge in [0.1, 0.15) is 0 Å². The van der Waals surface area contributed by atoms with Crippen molar-refractivity contribution in [2.45, 2.75) is 6.18 Å². The minimum atomic E-state index is -4.56. The van der Waals surface area contributed by atoms with Gasteiger partial charge in [0.2, 0.25) is 0 Å². The van der Waals surface area contributed by atoms with Crippen LogP contribution in [-0.4, -0.2) is 16.8 Å². The SMILES string of the molecule is NN1C(=O)c2ccc(C(F)(F)F)cc2C1=O. The number of hydrogen-bond acceptors (Lipinski definition) is 3. The summed E-state index contributed by atoms with van der Waals surface area (Å²) >= 11 is 0.